The third kappa shape index (κ3) is 6.35. The number of carbonyl (C=O) groups excluding carboxylic acids is 2. The smallest absolute Gasteiger partial charge is 0.275 e. The molecule has 0 atom stereocenters. The number of thioether (sulfide) groups is 1. The number of hydrogen-bond donors (Lipinski definition) is 5. The molecule has 10 nitrogen and oxygen atoms in total. The van der Waals surface area contributed by atoms with E-state index in [0.29, 0.717) is 43.5 Å². The number of nitrogens with zero attached hydrogens (tertiary/aromatic N) is 2. The summed E-state index contributed by atoms with van der Waals surface area (Å²) in [6.45, 7) is 1.58. The monoisotopic (exact) mass is 588 g/mol. The van der Waals surface area contributed by atoms with Crippen LogP contribution in [0.5, 0.6) is 5.75 Å². The summed E-state index contributed by atoms with van der Waals surface area (Å²) in [7, 11) is 3.30. The molecule has 1 aliphatic carbocycles. The number of aromatic hydroxyl groups is 1. The summed E-state index contributed by atoms with van der Waals surface area (Å²) in [6, 6.07) is 2.97. The molecule has 5 N–H and O–H groups in total. The molecule has 2 amide bonds. The molecule has 2 heterocycles. The predicted molar refractivity (Wildman–Crippen MR) is 153 cm³/mol. The number of pyridine rings is 1. The maximum Gasteiger partial charge on any atom is 0.275 e. The number of benzene rings is 1. The van der Waals surface area contributed by atoms with Crippen molar-refractivity contribution >= 4 is 33.7 Å². The lowest BCUT2D eigenvalue weighted by atomic mass is 9.80. The van der Waals surface area contributed by atoms with Crippen LogP contribution in [0.25, 0.3) is 0 Å². The van der Waals surface area contributed by atoms with Gasteiger partial charge in [0.1, 0.15) is 16.7 Å². The first-order chi connectivity index (χ1) is 19.5. The van der Waals surface area contributed by atoms with Gasteiger partial charge >= 0.3 is 0 Å². The maximum absolute atomic E-state index is 13.9. The summed E-state index contributed by atoms with van der Waals surface area (Å²) in [5.41, 5.74) is -2.29. The van der Waals surface area contributed by atoms with Crippen molar-refractivity contribution in [3.63, 3.8) is 0 Å². The van der Waals surface area contributed by atoms with Crippen LogP contribution in [-0.2, 0) is 11.2 Å². The van der Waals surface area contributed by atoms with E-state index in [1.54, 1.807) is 14.1 Å². The lowest BCUT2D eigenvalue weighted by Crippen LogP contribution is -2.60. The molecule has 1 saturated carbocycles. The number of aromatic amines is 1. The zero-order valence-electron chi connectivity index (χ0n) is 23.0. The van der Waals surface area contributed by atoms with Crippen LogP contribution in [-0.4, -0.2) is 74.6 Å². The first-order valence-corrected chi connectivity index (χ1v) is 14.3. The molecule has 1 aromatic carbocycles. The minimum atomic E-state index is -0.961. The standard InChI is InChI=1S/C28H34F2N6O4S/c1-33-28(9-7-16(8-10-28)26(39)36-11-3-4-12-36)35(2)27(40)22-24(38)23(37)19(15-34-22)25(32)41-21(31)13-17-5-6-18(29)14-20(17)30/h5-6,14-16,31-33,38H,3-4,7-13H2,1-2H3,(H,34,37). The van der Waals surface area contributed by atoms with Crippen molar-refractivity contribution in [1.82, 2.24) is 20.1 Å². The number of aromatic nitrogens is 1. The third-order valence-electron chi connectivity index (χ3n) is 8.10. The van der Waals surface area contributed by atoms with Gasteiger partial charge in [0.15, 0.2) is 11.4 Å². The molecule has 13 heteroatoms. The molecule has 0 unspecified atom stereocenters. The molecule has 0 spiro atoms. The van der Waals surface area contributed by atoms with E-state index >= 15 is 0 Å². The molecular formula is C28H34F2N6O4S. The topological polar surface area (TPSA) is 153 Å². The second-order valence-electron chi connectivity index (χ2n) is 10.5. The largest absolute Gasteiger partial charge is 0.503 e. The second-order valence-corrected chi connectivity index (χ2v) is 11.6. The Bertz CT molecular complexity index is 1420. The summed E-state index contributed by atoms with van der Waals surface area (Å²) in [6.07, 6.45) is 5.16. The van der Waals surface area contributed by atoms with E-state index in [1.807, 2.05) is 4.90 Å². The normalized spacial score (nSPS) is 20.6. The van der Waals surface area contributed by atoms with Crippen LogP contribution in [0.2, 0.25) is 0 Å². The maximum atomic E-state index is 13.9. The molecule has 1 aliphatic heterocycles. The Morgan fingerprint density at radius 2 is 1.88 bits per heavy atom. The Kier molecular flexibility index (Phi) is 9.27. The van der Waals surface area contributed by atoms with Crippen molar-refractivity contribution in [2.24, 2.45) is 5.92 Å². The second kappa shape index (κ2) is 12.5. The number of amides is 2. The summed E-state index contributed by atoms with van der Waals surface area (Å²) >= 11 is 0.580. The Balaban J connectivity index is 1.43. The van der Waals surface area contributed by atoms with Crippen LogP contribution in [0.15, 0.2) is 29.2 Å². The highest BCUT2D eigenvalue weighted by Gasteiger charge is 2.43. The fraction of sp³-hybridized carbons (Fsp3) is 0.464. The molecule has 2 fully saturated rings. The molecule has 220 valence electrons. The van der Waals surface area contributed by atoms with Gasteiger partial charge in [-0.05, 0) is 57.2 Å². The molecule has 41 heavy (non-hydrogen) atoms. The van der Waals surface area contributed by atoms with Crippen molar-refractivity contribution in [1.29, 1.82) is 10.8 Å². The fourth-order valence-electron chi connectivity index (χ4n) is 5.56. The highest BCUT2D eigenvalue weighted by Crippen LogP contribution is 2.36. The van der Waals surface area contributed by atoms with E-state index in [4.69, 9.17) is 10.8 Å². The molecule has 0 bridgehead atoms. The molecule has 1 aromatic heterocycles. The van der Waals surface area contributed by atoms with E-state index in [2.05, 4.69) is 10.3 Å². The van der Waals surface area contributed by atoms with Crippen LogP contribution in [0.4, 0.5) is 8.78 Å². The number of carbonyl (C=O) groups is 2. The highest BCUT2D eigenvalue weighted by molar-refractivity contribution is 8.26. The van der Waals surface area contributed by atoms with Gasteiger partial charge in [-0.25, -0.2) is 8.78 Å². The van der Waals surface area contributed by atoms with Crippen molar-refractivity contribution in [3.8, 4) is 5.75 Å². The van der Waals surface area contributed by atoms with E-state index in [1.165, 1.54) is 11.0 Å². The van der Waals surface area contributed by atoms with Gasteiger partial charge in [-0.3, -0.25) is 30.5 Å². The summed E-state index contributed by atoms with van der Waals surface area (Å²) in [4.78, 5) is 45.2. The average molecular weight is 589 g/mol. The Morgan fingerprint density at radius 1 is 1.22 bits per heavy atom. The van der Waals surface area contributed by atoms with Gasteiger partial charge in [0, 0.05) is 44.7 Å². The van der Waals surface area contributed by atoms with Crippen molar-refractivity contribution in [3.05, 3.63) is 63.1 Å². The highest BCUT2D eigenvalue weighted by atomic mass is 32.2. The predicted octanol–water partition coefficient (Wildman–Crippen LogP) is 3.44. The quantitative estimate of drug-likeness (QED) is 0.190. The van der Waals surface area contributed by atoms with E-state index in [-0.39, 0.29) is 45.2 Å². The van der Waals surface area contributed by atoms with Crippen molar-refractivity contribution < 1.29 is 23.5 Å². The number of H-pyrrole nitrogens is 1. The van der Waals surface area contributed by atoms with Gasteiger partial charge in [-0.15, -0.1) is 0 Å². The number of nitrogens with one attached hydrogen (secondary N) is 4. The van der Waals surface area contributed by atoms with Gasteiger partial charge in [0.25, 0.3) is 5.91 Å². The van der Waals surface area contributed by atoms with Gasteiger partial charge in [0.2, 0.25) is 11.3 Å². The molecule has 0 radical (unpaired) electrons. The lowest BCUT2D eigenvalue weighted by Gasteiger charge is -2.46. The molecule has 2 aromatic rings. The third-order valence-corrected chi connectivity index (χ3v) is 8.91. The number of hydrogen-bond acceptors (Lipinski definition) is 8. The molecule has 1 saturated heterocycles. The zero-order valence-corrected chi connectivity index (χ0v) is 23.8. The van der Waals surface area contributed by atoms with E-state index in [0.717, 1.165) is 38.2 Å². The van der Waals surface area contributed by atoms with Gasteiger partial charge in [-0.2, -0.15) is 0 Å². The summed E-state index contributed by atoms with van der Waals surface area (Å²) in [5.74, 6) is -3.01. The SMILES string of the molecule is CNC1(N(C)C(=O)c2[nH]cc(C(=N)SC(=N)Cc3ccc(F)cc3F)c(=O)c2O)CCC(C(=O)N2CCCC2)CC1. The van der Waals surface area contributed by atoms with E-state index < -0.39 is 34.4 Å². The summed E-state index contributed by atoms with van der Waals surface area (Å²) < 4.78 is 27.1. The summed E-state index contributed by atoms with van der Waals surface area (Å²) in [5, 5.41) is 29.7. The molecule has 2 aliphatic rings. The van der Waals surface area contributed by atoms with Crippen LogP contribution in [0, 0.1) is 28.4 Å². The van der Waals surface area contributed by atoms with Crippen LogP contribution in [0.3, 0.4) is 0 Å². The Morgan fingerprint density at radius 3 is 2.49 bits per heavy atom. The van der Waals surface area contributed by atoms with Crippen LogP contribution >= 0.6 is 11.8 Å². The van der Waals surface area contributed by atoms with Crippen LogP contribution in [0.1, 0.15) is 60.1 Å². The minimum Gasteiger partial charge on any atom is -0.503 e. The molecular weight excluding hydrogens is 554 g/mol. The Labute approximate surface area is 240 Å². The molecule has 4 rings (SSSR count). The minimum absolute atomic E-state index is 0.0605. The first kappa shape index (κ1) is 30.4. The van der Waals surface area contributed by atoms with Crippen molar-refractivity contribution in [2.45, 2.75) is 50.6 Å². The number of rotatable bonds is 7. The Hall–Kier alpha value is -3.58. The van der Waals surface area contributed by atoms with Gasteiger partial charge < -0.3 is 19.9 Å². The van der Waals surface area contributed by atoms with Crippen molar-refractivity contribution in [2.75, 3.05) is 27.2 Å². The fourth-order valence-corrected chi connectivity index (χ4v) is 6.29. The van der Waals surface area contributed by atoms with Crippen LogP contribution < -0.4 is 10.7 Å². The van der Waals surface area contributed by atoms with Gasteiger partial charge in [0.05, 0.1) is 16.3 Å². The van der Waals surface area contributed by atoms with E-state index in [9.17, 15) is 28.3 Å². The van der Waals surface area contributed by atoms with Gasteiger partial charge in [-0.1, -0.05) is 17.8 Å². The average Bonchev–Trinajstić information content (AvgIpc) is 3.50. The lowest BCUT2D eigenvalue weighted by molar-refractivity contribution is -0.136. The first-order valence-electron chi connectivity index (χ1n) is 13.5. The number of halogens is 2. The zero-order chi connectivity index (χ0) is 29.9. The number of likely N-dealkylation sites (tertiary alicyclic amines) is 1.